The van der Waals surface area contributed by atoms with Gasteiger partial charge in [-0.15, -0.1) is 0 Å². The number of piperidine rings is 2. The zero-order valence-electron chi connectivity index (χ0n) is 13.1. The molecule has 118 valence electrons. The van der Waals surface area contributed by atoms with Gasteiger partial charge in [0.05, 0.1) is 18.1 Å². The Balaban J connectivity index is 1.35. The van der Waals surface area contributed by atoms with Gasteiger partial charge < -0.3 is 15.5 Å². The van der Waals surface area contributed by atoms with Crippen LogP contribution in [0.15, 0.2) is 30.3 Å². The third kappa shape index (κ3) is 3.13. The van der Waals surface area contributed by atoms with E-state index in [-0.39, 0.29) is 0 Å². The summed E-state index contributed by atoms with van der Waals surface area (Å²) in [7, 11) is 0. The van der Waals surface area contributed by atoms with Crippen LogP contribution in [0.1, 0.15) is 44.9 Å². The van der Waals surface area contributed by atoms with E-state index in [0.717, 1.165) is 28.9 Å². The van der Waals surface area contributed by atoms with Gasteiger partial charge in [-0.2, -0.15) is 0 Å². The molecule has 2 unspecified atom stereocenters. The lowest BCUT2D eigenvalue weighted by molar-refractivity contribution is -0.971. The van der Waals surface area contributed by atoms with E-state index in [4.69, 9.17) is 12.2 Å². The van der Waals surface area contributed by atoms with Crippen molar-refractivity contribution in [3.63, 3.8) is 0 Å². The molecule has 0 amide bonds. The van der Waals surface area contributed by atoms with Gasteiger partial charge in [-0.05, 0) is 43.6 Å². The highest BCUT2D eigenvalue weighted by molar-refractivity contribution is 7.80. The minimum Gasteiger partial charge on any atom is -0.359 e. The lowest BCUT2D eigenvalue weighted by Gasteiger charge is -2.46. The summed E-state index contributed by atoms with van der Waals surface area (Å²) < 4.78 is 0. The third-order valence-corrected chi connectivity index (χ3v) is 5.82. The van der Waals surface area contributed by atoms with Crippen LogP contribution in [-0.4, -0.2) is 29.3 Å². The third-order valence-electron chi connectivity index (χ3n) is 5.60. The molecule has 4 atom stereocenters. The second-order valence-corrected chi connectivity index (χ2v) is 7.64. The zero-order chi connectivity index (χ0) is 14.9. The first kappa shape index (κ1) is 14.5. The number of benzene rings is 1. The fraction of sp³-hybridized carbons (Fsp3) is 0.611. The predicted molar refractivity (Wildman–Crippen MR) is 94.2 cm³/mol. The Morgan fingerprint density at radius 2 is 1.64 bits per heavy atom. The fourth-order valence-electron chi connectivity index (χ4n) is 4.64. The summed E-state index contributed by atoms with van der Waals surface area (Å²) >= 11 is 5.51. The highest BCUT2D eigenvalue weighted by atomic mass is 32.1. The van der Waals surface area contributed by atoms with Crippen molar-refractivity contribution < 1.29 is 4.90 Å². The number of para-hydroxylation sites is 1. The van der Waals surface area contributed by atoms with E-state index in [1.54, 1.807) is 0 Å². The van der Waals surface area contributed by atoms with E-state index < -0.39 is 0 Å². The zero-order valence-corrected chi connectivity index (χ0v) is 13.9. The molecule has 3 N–H and O–H groups in total. The first-order valence-electron chi connectivity index (χ1n) is 8.79. The summed E-state index contributed by atoms with van der Waals surface area (Å²) in [6.45, 7) is 0. The first-order valence-corrected chi connectivity index (χ1v) is 9.19. The predicted octanol–water partition coefficient (Wildman–Crippen LogP) is 2.10. The van der Waals surface area contributed by atoms with Crippen LogP contribution >= 0.6 is 12.2 Å². The van der Waals surface area contributed by atoms with Crippen molar-refractivity contribution in [3.8, 4) is 0 Å². The monoisotopic (exact) mass is 316 g/mol. The molecule has 22 heavy (non-hydrogen) atoms. The second-order valence-electron chi connectivity index (χ2n) is 7.23. The summed E-state index contributed by atoms with van der Waals surface area (Å²) in [5.74, 6) is 0. The highest BCUT2D eigenvalue weighted by Gasteiger charge is 2.48. The van der Waals surface area contributed by atoms with Gasteiger partial charge in [-0.3, -0.25) is 0 Å². The van der Waals surface area contributed by atoms with Gasteiger partial charge in [-0.25, -0.2) is 0 Å². The molecular formula is C18H26N3S+. The maximum Gasteiger partial charge on any atom is 0.171 e. The van der Waals surface area contributed by atoms with Crippen molar-refractivity contribution in [3.05, 3.63) is 30.3 Å². The minimum absolute atomic E-state index is 0.557. The van der Waals surface area contributed by atoms with Crippen molar-refractivity contribution in [2.24, 2.45) is 0 Å². The van der Waals surface area contributed by atoms with Crippen LogP contribution in [0.2, 0.25) is 0 Å². The molecule has 4 rings (SSSR count). The summed E-state index contributed by atoms with van der Waals surface area (Å²) in [5, 5.41) is 7.68. The second kappa shape index (κ2) is 6.17. The molecule has 0 aromatic heterocycles. The average molecular weight is 316 g/mol. The SMILES string of the molecule is S=C(Nc1ccccc1)NC1C[C@H]2CCC[C@@H](C1)[NH+]2C1CC1. The molecule has 2 aliphatic heterocycles. The average Bonchev–Trinajstić information content (AvgIpc) is 3.31. The number of thiocarbonyl (C=S) groups is 1. The summed E-state index contributed by atoms with van der Waals surface area (Å²) in [4.78, 5) is 1.95. The molecule has 3 aliphatic rings. The quantitative estimate of drug-likeness (QED) is 0.746. The molecule has 1 saturated carbocycles. The van der Waals surface area contributed by atoms with Crippen molar-refractivity contribution in [2.75, 3.05) is 5.32 Å². The molecule has 1 aromatic carbocycles. The van der Waals surface area contributed by atoms with E-state index >= 15 is 0 Å². The number of hydrogen-bond acceptors (Lipinski definition) is 1. The van der Waals surface area contributed by atoms with E-state index in [1.807, 2.05) is 23.1 Å². The molecular weight excluding hydrogens is 290 g/mol. The number of rotatable bonds is 3. The van der Waals surface area contributed by atoms with Crippen LogP contribution in [0.3, 0.4) is 0 Å². The van der Waals surface area contributed by atoms with Gasteiger partial charge in [0.15, 0.2) is 5.11 Å². The Morgan fingerprint density at radius 3 is 2.27 bits per heavy atom. The molecule has 1 aromatic rings. The van der Waals surface area contributed by atoms with Crippen molar-refractivity contribution in [1.82, 2.24) is 5.32 Å². The van der Waals surface area contributed by atoms with Gasteiger partial charge in [0, 0.05) is 37.4 Å². The van der Waals surface area contributed by atoms with Gasteiger partial charge in [0.1, 0.15) is 0 Å². The van der Waals surface area contributed by atoms with Crippen molar-refractivity contribution in [2.45, 2.75) is 69.1 Å². The summed E-state index contributed by atoms with van der Waals surface area (Å²) in [5.41, 5.74) is 1.07. The van der Waals surface area contributed by atoms with Crippen molar-refractivity contribution >= 4 is 23.0 Å². The first-order chi connectivity index (χ1) is 10.8. The van der Waals surface area contributed by atoms with Crippen LogP contribution in [0.25, 0.3) is 0 Å². The van der Waals surface area contributed by atoms with Gasteiger partial charge in [-0.1, -0.05) is 18.2 Å². The van der Waals surface area contributed by atoms with E-state index in [0.29, 0.717) is 6.04 Å². The molecule has 3 nitrogen and oxygen atoms in total. The molecule has 1 aliphatic carbocycles. The molecule has 2 bridgehead atoms. The van der Waals surface area contributed by atoms with Gasteiger partial charge >= 0.3 is 0 Å². The standard InChI is InChI=1S/C18H25N3S/c22-18(19-13-5-2-1-3-6-13)20-14-11-16-7-4-8-17(12-14)21(16)15-9-10-15/h1-3,5-6,14-17H,4,7-12H2,(H2,19,20,22)/p+1/t14?,16-,17+. The maximum atomic E-state index is 5.51. The van der Waals surface area contributed by atoms with E-state index in [1.165, 1.54) is 44.9 Å². The largest absolute Gasteiger partial charge is 0.359 e. The lowest BCUT2D eigenvalue weighted by Crippen LogP contribution is -3.22. The number of nitrogens with one attached hydrogen (secondary N) is 3. The van der Waals surface area contributed by atoms with Gasteiger partial charge in [0.25, 0.3) is 0 Å². The number of anilines is 1. The fourth-order valence-corrected chi connectivity index (χ4v) is 4.93. The summed E-state index contributed by atoms with van der Waals surface area (Å²) in [6, 6.07) is 13.5. The van der Waals surface area contributed by atoms with Crippen LogP contribution in [-0.2, 0) is 0 Å². The Kier molecular flexibility index (Phi) is 4.05. The highest BCUT2D eigenvalue weighted by Crippen LogP contribution is 2.27. The van der Waals surface area contributed by atoms with Crippen LogP contribution in [0, 0.1) is 0 Å². The minimum atomic E-state index is 0.557. The molecule has 3 fully saturated rings. The molecule has 0 radical (unpaired) electrons. The lowest BCUT2D eigenvalue weighted by atomic mass is 9.81. The van der Waals surface area contributed by atoms with Crippen LogP contribution < -0.4 is 15.5 Å². The number of hydrogen-bond donors (Lipinski definition) is 3. The Bertz CT molecular complexity index is 514. The normalized spacial score (nSPS) is 34.0. The smallest absolute Gasteiger partial charge is 0.171 e. The maximum absolute atomic E-state index is 5.51. The van der Waals surface area contributed by atoms with Crippen LogP contribution in [0.5, 0.6) is 0 Å². The topological polar surface area (TPSA) is 28.5 Å². The Hall–Kier alpha value is -1.13. The molecule has 2 saturated heterocycles. The Morgan fingerprint density at radius 1 is 0.955 bits per heavy atom. The molecule has 4 heteroatoms. The van der Waals surface area contributed by atoms with Gasteiger partial charge in [0.2, 0.25) is 0 Å². The van der Waals surface area contributed by atoms with E-state index in [9.17, 15) is 0 Å². The summed E-state index contributed by atoms with van der Waals surface area (Å²) in [6.07, 6.45) is 9.78. The van der Waals surface area contributed by atoms with Crippen molar-refractivity contribution in [1.29, 1.82) is 0 Å². The Labute approximate surface area is 138 Å². The number of fused-ring (bicyclic) bond motifs is 2. The molecule has 0 spiro atoms. The number of quaternary nitrogens is 1. The van der Waals surface area contributed by atoms with E-state index in [2.05, 4.69) is 22.8 Å². The van der Waals surface area contributed by atoms with Crippen LogP contribution in [0.4, 0.5) is 5.69 Å². The molecule has 2 heterocycles.